The number of aliphatic imine (C=N–C) groups is 2. The van der Waals surface area contributed by atoms with E-state index < -0.39 is 34.1 Å². The number of nitrogens with two attached hydrogens (primary N) is 1. The first-order valence-corrected chi connectivity index (χ1v) is 23.4. The molecule has 22 nitrogen and oxygen atoms in total. The summed E-state index contributed by atoms with van der Waals surface area (Å²) in [6, 6.07) is 29.4. The van der Waals surface area contributed by atoms with Gasteiger partial charge in [-0.15, -0.1) is 17.0 Å². The van der Waals surface area contributed by atoms with Crippen LogP contribution in [0, 0.1) is 34.1 Å². The fourth-order valence-electron chi connectivity index (χ4n) is 6.04. The number of ether oxygens (including phenoxy) is 4. The van der Waals surface area contributed by atoms with Crippen molar-refractivity contribution in [1.82, 2.24) is 20.4 Å². The molecule has 0 bridgehead atoms. The Hall–Kier alpha value is -8.37. The van der Waals surface area contributed by atoms with Crippen molar-refractivity contribution < 1.29 is 74.9 Å². The molecule has 0 spiro atoms. The number of rotatable bonds is 19. The first-order chi connectivity index (χ1) is 36.5. The second-order valence-electron chi connectivity index (χ2n) is 16.0. The van der Waals surface area contributed by atoms with E-state index in [1.165, 1.54) is 24.3 Å². The van der Waals surface area contributed by atoms with E-state index in [1.807, 2.05) is 73.1 Å². The van der Waals surface area contributed by atoms with E-state index in [-0.39, 0.29) is 28.4 Å². The lowest BCUT2D eigenvalue weighted by Gasteiger charge is -2.09. The predicted octanol–water partition coefficient (Wildman–Crippen LogP) is 9.55. The van der Waals surface area contributed by atoms with Crippen LogP contribution < -0.4 is 40.6 Å². The zero-order valence-electron chi connectivity index (χ0n) is 42.1. The molecule has 0 radical (unpaired) electrons. The molecule has 0 unspecified atom stereocenters. The van der Waals surface area contributed by atoms with E-state index in [0.717, 1.165) is 111 Å². The van der Waals surface area contributed by atoms with E-state index in [1.54, 1.807) is 24.3 Å². The van der Waals surface area contributed by atoms with Crippen molar-refractivity contribution in [3.05, 3.63) is 135 Å². The summed E-state index contributed by atoms with van der Waals surface area (Å²) in [4.78, 5) is 46.6. The molecule has 0 aliphatic carbocycles. The monoisotopic (exact) mass is 1170 g/mol. The molecule has 0 amide bonds. The summed E-state index contributed by atoms with van der Waals surface area (Å²) in [6.07, 6.45) is -4.52. The van der Waals surface area contributed by atoms with Gasteiger partial charge in [0.25, 0.3) is 11.4 Å². The van der Waals surface area contributed by atoms with Gasteiger partial charge in [0.2, 0.25) is 5.96 Å². The molecular weight excluding hydrogens is 1110 g/mol. The zero-order valence-corrected chi connectivity index (χ0v) is 43.8. The maximum atomic E-state index is 10.6. The molecule has 426 valence electrons. The molecule has 7 rings (SSSR count). The first-order valence-electron chi connectivity index (χ1n) is 23.4. The third kappa shape index (κ3) is 26.9. The number of hydrogen-bond acceptors (Lipinski definition) is 17. The number of carboxylic acids is 2. The van der Waals surface area contributed by atoms with Crippen molar-refractivity contribution >= 4 is 63.6 Å². The molecule has 1 aromatic heterocycles. The van der Waals surface area contributed by atoms with Gasteiger partial charge in [-0.25, -0.2) is 19.3 Å². The highest BCUT2D eigenvalue weighted by Gasteiger charge is 2.39. The number of aromatic nitrogens is 2. The number of hydrogen-bond donors (Lipinski definition) is 6. The van der Waals surface area contributed by atoms with Gasteiger partial charge in [0.05, 0.1) is 55.1 Å². The van der Waals surface area contributed by atoms with Crippen LogP contribution in [0.15, 0.2) is 113 Å². The summed E-state index contributed by atoms with van der Waals surface area (Å²) < 4.78 is 87.8. The number of carbonyl (C=O) groups is 2. The maximum Gasteiger partial charge on any atom is 0.490 e. The third-order valence-corrected chi connectivity index (χ3v) is 9.77. The third-order valence-electron chi connectivity index (χ3n) is 9.77. The Kier molecular flexibility index (Phi) is 28.9. The van der Waals surface area contributed by atoms with Crippen LogP contribution in [0.5, 0.6) is 23.0 Å². The van der Waals surface area contributed by atoms with Gasteiger partial charge in [-0.3, -0.25) is 25.2 Å². The van der Waals surface area contributed by atoms with Crippen molar-refractivity contribution in [2.75, 3.05) is 63.7 Å². The molecule has 3 heterocycles. The molecule has 0 saturated carbocycles. The molecule has 4 aromatic carbocycles. The Morgan fingerprint density at radius 3 is 1.29 bits per heavy atom. The number of aryl methyl sites for hydroxylation is 2. The topological polar surface area (TPSA) is 302 Å². The summed E-state index contributed by atoms with van der Waals surface area (Å²) in [5.41, 5.74) is 9.64. The lowest BCUT2D eigenvalue weighted by atomic mass is 10.2. The summed E-state index contributed by atoms with van der Waals surface area (Å²) in [7, 11) is 0. The molecule has 5 aromatic rings. The molecule has 29 heteroatoms. The summed E-state index contributed by atoms with van der Waals surface area (Å²) >= 11 is 0. The number of unbranched alkanes of at least 4 members (excludes halogenated alkanes) is 4. The Morgan fingerprint density at radius 1 is 0.628 bits per heavy atom. The average molecular weight is 1170 g/mol. The second kappa shape index (κ2) is 34.3. The number of alkyl halides is 6. The number of aliphatic carboxylic acids is 2. The number of nitrogens with one attached hydrogen (secondary N) is 3. The van der Waals surface area contributed by atoms with Crippen LogP contribution in [-0.4, -0.2) is 119 Å². The summed E-state index contributed by atoms with van der Waals surface area (Å²) in [5, 5.41) is 49.3. The number of halogens is 7. The number of benzene rings is 4. The van der Waals surface area contributed by atoms with Gasteiger partial charge in [0.15, 0.2) is 5.96 Å². The molecule has 78 heavy (non-hydrogen) atoms. The van der Waals surface area contributed by atoms with Crippen LogP contribution in [0.1, 0.15) is 49.9 Å². The van der Waals surface area contributed by atoms with Crippen molar-refractivity contribution in [3.63, 3.8) is 0 Å². The number of carboxylic acid groups (broad SMARTS) is 2. The molecule has 2 aliphatic heterocycles. The van der Waals surface area contributed by atoms with Gasteiger partial charge >= 0.3 is 24.3 Å². The lowest BCUT2D eigenvalue weighted by molar-refractivity contribution is -0.385. The van der Waals surface area contributed by atoms with Gasteiger partial charge in [0, 0.05) is 54.4 Å². The second-order valence-corrected chi connectivity index (χ2v) is 16.0. The van der Waals surface area contributed by atoms with Crippen molar-refractivity contribution in [2.24, 2.45) is 9.98 Å². The zero-order chi connectivity index (χ0) is 56.8. The highest BCUT2D eigenvalue weighted by atomic mass is 79.9. The fourth-order valence-corrected chi connectivity index (χ4v) is 6.04. The fraction of sp³-hybridized carbons (Fsp3) is 0.367. The molecule has 0 saturated heterocycles. The SMILES string of the molecule is Br.Cc1cc(C)n(C2=NCCN2)n1.Nc1ccc(OCCCCCOc2ccc(NC3=NCCN3)cc2)cc1.O=C(O)C(F)(F)F.O=C(O)C(F)(F)F.O=[N+]([O-])c1ccc(OCCCCCOc2ccc([N+](=O)[O-])cc2)cc1. The Labute approximate surface area is 453 Å². The van der Waals surface area contributed by atoms with Gasteiger partial charge in [0.1, 0.15) is 23.0 Å². The predicted molar refractivity (Wildman–Crippen MR) is 282 cm³/mol. The number of anilines is 2. The van der Waals surface area contributed by atoms with Gasteiger partial charge in [-0.2, -0.15) is 31.4 Å². The first kappa shape index (κ1) is 65.7. The number of nitro benzene ring substituents is 2. The Morgan fingerprint density at radius 2 is 0.987 bits per heavy atom. The van der Waals surface area contributed by atoms with Crippen molar-refractivity contribution in [3.8, 4) is 23.0 Å². The van der Waals surface area contributed by atoms with Crippen LogP contribution in [0.25, 0.3) is 0 Å². The standard InChI is InChI=1S/C20H26N4O2.C17H18N2O6.C8H12N4.2C2HF3O2.BrH/c21-16-4-8-18(9-5-16)25-14-2-1-3-15-26-19-10-6-17(7-11-19)24-20-22-12-13-23-20;20-18(21)14-4-8-16(9-5-14)24-12-2-1-3-13-25-17-10-6-15(7-11-17)19(22)23;1-6-5-7(2)12(11-6)8-9-3-4-10-8;2*3-2(4,5)1(6)7;/h4-11H,1-3,12-15,21H2,(H2,22,23,24);4-11H,1-3,12-13H2;5H,3-4H2,1-2H3,(H,9,10);2*(H,6,7);1H. The van der Waals surface area contributed by atoms with Crippen molar-refractivity contribution in [2.45, 2.75) is 64.7 Å². The number of nitrogen functional groups attached to an aromatic ring is 1. The van der Waals surface area contributed by atoms with Crippen LogP contribution in [0.4, 0.5) is 49.1 Å². The molecule has 7 N–H and O–H groups in total. The lowest BCUT2D eigenvalue weighted by Crippen LogP contribution is -2.27. The van der Waals surface area contributed by atoms with E-state index in [4.69, 9.17) is 44.5 Å². The summed E-state index contributed by atoms with van der Waals surface area (Å²) in [6.45, 7) is 9.99. The van der Waals surface area contributed by atoms with Gasteiger partial charge in [-0.1, -0.05) is 0 Å². The largest absolute Gasteiger partial charge is 0.494 e. The summed E-state index contributed by atoms with van der Waals surface area (Å²) in [5.74, 6) is -0.848. The average Bonchev–Trinajstić information content (AvgIpc) is 4.19. The minimum atomic E-state index is -5.08. The number of nitro groups is 2. The molecular formula is C49H59BrF6N10O12. The van der Waals surface area contributed by atoms with E-state index in [2.05, 4.69) is 31.0 Å². The molecule has 2 aliphatic rings. The van der Waals surface area contributed by atoms with Crippen LogP contribution in [-0.2, 0) is 9.59 Å². The Balaban J connectivity index is 0.000000367. The van der Waals surface area contributed by atoms with E-state index in [9.17, 15) is 46.6 Å². The number of nitrogens with zero attached hydrogens (tertiary/aromatic N) is 6. The highest BCUT2D eigenvalue weighted by Crippen LogP contribution is 2.21. The van der Waals surface area contributed by atoms with Crippen LogP contribution >= 0.6 is 17.0 Å². The normalized spacial score (nSPS) is 12.1. The smallest absolute Gasteiger partial charge is 0.490 e. The van der Waals surface area contributed by atoms with E-state index >= 15 is 0 Å². The maximum absolute atomic E-state index is 10.6. The van der Waals surface area contributed by atoms with Gasteiger partial charge < -0.3 is 50.8 Å². The minimum Gasteiger partial charge on any atom is -0.494 e. The van der Waals surface area contributed by atoms with E-state index in [0.29, 0.717) is 37.9 Å². The number of guanidine groups is 1. The highest BCUT2D eigenvalue weighted by molar-refractivity contribution is 8.93. The number of non-ortho nitro benzene ring substituents is 2. The molecule has 0 fully saturated rings. The Bertz CT molecular complexity index is 2580. The van der Waals surface area contributed by atoms with Crippen LogP contribution in [0.3, 0.4) is 0 Å². The van der Waals surface area contributed by atoms with Crippen molar-refractivity contribution in [1.29, 1.82) is 0 Å². The van der Waals surface area contributed by atoms with Crippen LogP contribution in [0.2, 0.25) is 0 Å². The van der Waals surface area contributed by atoms with Gasteiger partial charge in [-0.05, 0) is 131 Å². The minimum absolute atomic E-state index is 0. The molecule has 0 atom stereocenters. The quantitative estimate of drug-likeness (QED) is 0.0147.